The van der Waals surface area contributed by atoms with Crippen LogP contribution in [0.4, 0.5) is 17.1 Å². The zero-order valence-electron chi connectivity index (χ0n) is 28.8. The van der Waals surface area contributed by atoms with E-state index in [0.29, 0.717) is 0 Å². The predicted octanol–water partition coefficient (Wildman–Crippen LogP) is 14.1. The molecule has 0 bridgehead atoms. The second-order valence-corrected chi connectivity index (χ2v) is 13.7. The van der Waals surface area contributed by atoms with E-state index in [2.05, 4.69) is 191 Å². The van der Waals surface area contributed by atoms with Gasteiger partial charge in [0.15, 0.2) is 0 Å². The fraction of sp³-hybridized carbons (Fsp3) is 0. The van der Waals surface area contributed by atoms with Gasteiger partial charge in [-0.15, -0.1) is 0 Å². The van der Waals surface area contributed by atoms with Gasteiger partial charge in [0.05, 0.1) is 11.0 Å². The summed E-state index contributed by atoms with van der Waals surface area (Å²) < 4.78 is 8.92. The molecule has 11 aromatic rings. The zero-order chi connectivity index (χ0) is 34.9. The highest BCUT2D eigenvalue weighted by atomic mass is 16.3. The summed E-state index contributed by atoms with van der Waals surface area (Å²) in [5.74, 6) is 0. The SMILES string of the molecule is c1ccc(N(c2ccccc2)c2cccc(-c3cccc4c5c6c(ccc7ccccc76)ccc5n(-c5ccc6c(c5)oc5ccccc56)c34)c2)cc1. The van der Waals surface area contributed by atoms with Gasteiger partial charge in [-0.05, 0) is 87.8 Å². The van der Waals surface area contributed by atoms with E-state index in [0.717, 1.165) is 55.8 Å². The van der Waals surface area contributed by atoms with E-state index >= 15 is 0 Å². The smallest absolute Gasteiger partial charge is 0.137 e. The topological polar surface area (TPSA) is 21.3 Å². The Morgan fingerprint density at radius 3 is 1.87 bits per heavy atom. The quantitative estimate of drug-likeness (QED) is 0.169. The Kier molecular flexibility index (Phi) is 6.55. The van der Waals surface area contributed by atoms with Crippen molar-refractivity contribution in [1.29, 1.82) is 0 Å². The molecule has 0 fully saturated rings. The number of aromatic nitrogens is 1. The van der Waals surface area contributed by atoms with E-state index in [1.807, 2.05) is 12.1 Å². The molecule has 0 atom stereocenters. The molecule has 0 spiro atoms. The number of furan rings is 1. The van der Waals surface area contributed by atoms with Gasteiger partial charge in [0.25, 0.3) is 0 Å². The van der Waals surface area contributed by atoms with Crippen LogP contribution in [-0.4, -0.2) is 4.57 Å². The lowest BCUT2D eigenvalue weighted by molar-refractivity contribution is 0.668. The minimum absolute atomic E-state index is 0.880. The molecule has 0 aliphatic heterocycles. The van der Waals surface area contributed by atoms with Crippen molar-refractivity contribution < 1.29 is 4.42 Å². The van der Waals surface area contributed by atoms with E-state index in [-0.39, 0.29) is 0 Å². The van der Waals surface area contributed by atoms with Crippen LogP contribution in [0.3, 0.4) is 0 Å². The number of para-hydroxylation sites is 4. The van der Waals surface area contributed by atoms with E-state index in [1.54, 1.807) is 0 Å². The largest absolute Gasteiger partial charge is 0.456 e. The average Bonchev–Trinajstić information content (AvgIpc) is 3.77. The van der Waals surface area contributed by atoms with Crippen LogP contribution in [0, 0.1) is 0 Å². The van der Waals surface area contributed by atoms with Gasteiger partial charge < -0.3 is 13.9 Å². The van der Waals surface area contributed by atoms with Crippen LogP contribution in [0.2, 0.25) is 0 Å². The van der Waals surface area contributed by atoms with E-state index in [9.17, 15) is 0 Å². The molecule has 3 nitrogen and oxygen atoms in total. The first-order valence-corrected chi connectivity index (χ1v) is 18.1. The van der Waals surface area contributed by atoms with Gasteiger partial charge in [0.2, 0.25) is 0 Å². The summed E-state index contributed by atoms with van der Waals surface area (Å²) in [6, 6.07) is 69.7. The summed E-state index contributed by atoms with van der Waals surface area (Å²) in [5, 5.41) is 9.74. The highest BCUT2D eigenvalue weighted by molar-refractivity contribution is 6.29. The number of nitrogens with zero attached hydrogens (tertiary/aromatic N) is 2. The second kappa shape index (κ2) is 11.7. The Balaban J connectivity index is 1.23. The molecule has 2 heterocycles. The molecule has 0 saturated carbocycles. The maximum absolute atomic E-state index is 6.47. The third kappa shape index (κ3) is 4.61. The van der Waals surface area contributed by atoms with Crippen LogP contribution in [0.1, 0.15) is 0 Å². The minimum Gasteiger partial charge on any atom is -0.456 e. The van der Waals surface area contributed by atoms with E-state index in [1.165, 1.54) is 43.4 Å². The number of benzene rings is 9. The van der Waals surface area contributed by atoms with Crippen molar-refractivity contribution in [2.75, 3.05) is 4.90 Å². The number of hydrogen-bond donors (Lipinski definition) is 0. The van der Waals surface area contributed by atoms with Crippen molar-refractivity contribution in [3.63, 3.8) is 0 Å². The van der Waals surface area contributed by atoms with Gasteiger partial charge in [-0.25, -0.2) is 0 Å². The number of hydrogen-bond acceptors (Lipinski definition) is 2. The molecule has 3 heteroatoms. The first-order chi connectivity index (χ1) is 26.3. The highest BCUT2D eigenvalue weighted by Crippen LogP contribution is 2.45. The van der Waals surface area contributed by atoms with Crippen molar-refractivity contribution in [2.24, 2.45) is 0 Å². The molecule has 0 amide bonds. The molecule has 0 saturated heterocycles. The first-order valence-electron chi connectivity index (χ1n) is 18.1. The zero-order valence-corrected chi connectivity index (χ0v) is 28.8. The summed E-state index contributed by atoms with van der Waals surface area (Å²) >= 11 is 0. The van der Waals surface area contributed by atoms with Crippen LogP contribution < -0.4 is 4.90 Å². The summed E-state index contributed by atoms with van der Waals surface area (Å²) in [4.78, 5) is 2.33. The van der Waals surface area contributed by atoms with Gasteiger partial charge in [-0.3, -0.25) is 0 Å². The van der Waals surface area contributed by atoms with Crippen LogP contribution in [0.5, 0.6) is 0 Å². The average molecular weight is 677 g/mol. The molecule has 0 aliphatic rings. The molecule has 11 rings (SSSR count). The Morgan fingerprint density at radius 2 is 1.04 bits per heavy atom. The lowest BCUT2D eigenvalue weighted by Gasteiger charge is -2.26. The molecule has 2 aromatic heterocycles. The van der Waals surface area contributed by atoms with Crippen molar-refractivity contribution in [1.82, 2.24) is 4.57 Å². The number of fused-ring (bicyclic) bond motifs is 10. The molecule has 53 heavy (non-hydrogen) atoms. The first kappa shape index (κ1) is 29.6. The third-order valence-electron chi connectivity index (χ3n) is 10.7. The lowest BCUT2D eigenvalue weighted by Crippen LogP contribution is -2.09. The van der Waals surface area contributed by atoms with Crippen molar-refractivity contribution in [3.05, 3.63) is 194 Å². The van der Waals surface area contributed by atoms with Gasteiger partial charge in [-0.2, -0.15) is 0 Å². The molecule has 0 N–H and O–H groups in total. The highest BCUT2D eigenvalue weighted by Gasteiger charge is 2.21. The molecular formula is C50H32N2O. The Labute approximate surface area is 306 Å². The third-order valence-corrected chi connectivity index (χ3v) is 10.7. The van der Waals surface area contributed by atoms with Crippen LogP contribution in [0.15, 0.2) is 199 Å². The summed E-state index contributed by atoms with van der Waals surface area (Å²) in [5.41, 5.74) is 10.8. The monoisotopic (exact) mass is 676 g/mol. The fourth-order valence-electron chi connectivity index (χ4n) is 8.42. The Bertz CT molecular complexity index is 3130. The maximum Gasteiger partial charge on any atom is 0.137 e. The molecule has 0 unspecified atom stereocenters. The molecule has 9 aromatic carbocycles. The van der Waals surface area contributed by atoms with E-state index < -0.39 is 0 Å². The molecular weight excluding hydrogens is 645 g/mol. The van der Waals surface area contributed by atoms with Gasteiger partial charge in [0.1, 0.15) is 11.2 Å². The van der Waals surface area contributed by atoms with Crippen molar-refractivity contribution in [2.45, 2.75) is 0 Å². The minimum atomic E-state index is 0.880. The molecule has 248 valence electrons. The predicted molar refractivity (Wildman–Crippen MR) is 223 cm³/mol. The number of rotatable bonds is 5. The van der Waals surface area contributed by atoms with Crippen LogP contribution >= 0.6 is 0 Å². The van der Waals surface area contributed by atoms with Crippen LogP contribution in [-0.2, 0) is 0 Å². The number of anilines is 3. The summed E-state index contributed by atoms with van der Waals surface area (Å²) in [6.45, 7) is 0. The Hall–Kier alpha value is -7.10. The fourth-order valence-corrected chi connectivity index (χ4v) is 8.42. The van der Waals surface area contributed by atoms with Gasteiger partial charge >= 0.3 is 0 Å². The van der Waals surface area contributed by atoms with Crippen LogP contribution in [0.25, 0.3) is 82.1 Å². The van der Waals surface area contributed by atoms with Gasteiger partial charge in [-0.1, -0.05) is 127 Å². The van der Waals surface area contributed by atoms with E-state index in [4.69, 9.17) is 4.42 Å². The van der Waals surface area contributed by atoms with Gasteiger partial charge in [0, 0.05) is 55.9 Å². The summed E-state index contributed by atoms with van der Waals surface area (Å²) in [7, 11) is 0. The standard InChI is InChI=1S/C50H32N2O/c1-3-15-36(16-4-1)51(37-17-5-2-6-18-37)38-19-11-14-35(31-38)41-22-12-23-44-49-45(30-27-34-26-25-33-13-7-8-20-40(33)48(34)49)52(50(41)44)39-28-29-43-42-21-9-10-24-46(42)53-47(43)32-39/h1-32H. The second-order valence-electron chi connectivity index (χ2n) is 13.7. The van der Waals surface area contributed by atoms with Crippen molar-refractivity contribution in [3.8, 4) is 16.8 Å². The Morgan fingerprint density at radius 1 is 0.396 bits per heavy atom. The summed E-state index contributed by atoms with van der Waals surface area (Å²) in [6.07, 6.45) is 0. The molecule has 0 radical (unpaired) electrons. The molecule has 0 aliphatic carbocycles. The van der Waals surface area contributed by atoms with Crippen molar-refractivity contribution >= 4 is 82.4 Å². The lowest BCUT2D eigenvalue weighted by atomic mass is 9.96. The maximum atomic E-state index is 6.47. The normalized spacial score (nSPS) is 11.8.